The highest BCUT2D eigenvalue weighted by Crippen LogP contribution is 2.31. The highest BCUT2D eigenvalue weighted by atomic mass is 32.1. The van der Waals surface area contributed by atoms with Crippen LogP contribution in [-0.4, -0.2) is 23.7 Å². The Balaban J connectivity index is 1.77. The number of para-hydroxylation sites is 1. The molecule has 1 aliphatic rings. The number of amides is 1. The average molecular weight is 344 g/mol. The Morgan fingerprint density at radius 3 is 2.79 bits per heavy atom. The van der Waals surface area contributed by atoms with E-state index in [1.165, 1.54) is 17.4 Å². The fourth-order valence-corrected chi connectivity index (χ4v) is 3.62. The summed E-state index contributed by atoms with van der Waals surface area (Å²) in [5, 5.41) is 0. The van der Waals surface area contributed by atoms with E-state index in [-0.39, 0.29) is 5.82 Å². The van der Waals surface area contributed by atoms with Crippen LogP contribution in [0.1, 0.15) is 10.4 Å². The summed E-state index contributed by atoms with van der Waals surface area (Å²) in [5.74, 6) is 0.412. The van der Waals surface area contributed by atoms with Crippen LogP contribution in [0.4, 0.5) is 4.39 Å². The van der Waals surface area contributed by atoms with Crippen LogP contribution in [0, 0.1) is 5.82 Å². The lowest BCUT2D eigenvalue weighted by molar-refractivity contribution is 0.0996. The third kappa shape index (κ3) is 2.46. The number of benzene rings is 2. The summed E-state index contributed by atoms with van der Waals surface area (Å²) in [6, 6.07) is 9.79. The zero-order valence-electron chi connectivity index (χ0n) is 12.8. The molecular weight excluding hydrogens is 331 g/mol. The van der Waals surface area contributed by atoms with Crippen LogP contribution in [0.15, 0.2) is 41.4 Å². The van der Waals surface area contributed by atoms with Crippen molar-refractivity contribution in [2.45, 2.75) is 0 Å². The maximum atomic E-state index is 13.9. The highest BCUT2D eigenvalue weighted by Gasteiger charge is 2.15. The molecule has 1 aromatic heterocycles. The third-order valence-corrected chi connectivity index (χ3v) is 4.86. The number of fused-ring (bicyclic) bond motifs is 2. The fourth-order valence-electron chi connectivity index (χ4n) is 2.59. The maximum Gasteiger partial charge on any atom is 0.279 e. The van der Waals surface area contributed by atoms with E-state index in [2.05, 4.69) is 4.99 Å². The van der Waals surface area contributed by atoms with E-state index in [1.54, 1.807) is 41.9 Å². The first-order valence-corrected chi connectivity index (χ1v) is 8.18. The lowest BCUT2D eigenvalue weighted by Gasteiger charge is -2.18. The second-order valence-electron chi connectivity index (χ2n) is 5.31. The number of ether oxygens (including phenoxy) is 2. The molecule has 2 aromatic carbocycles. The zero-order valence-corrected chi connectivity index (χ0v) is 13.6. The lowest BCUT2D eigenvalue weighted by atomic mass is 10.2. The number of nitrogens with zero attached hydrogens (tertiary/aromatic N) is 2. The second kappa shape index (κ2) is 5.76. The van der Waals surface area contributed by atoms with Crippen LogP contribution in [0.2, 0.25) is 0 Å². The number of hydrogen-bond acceptors (Lipinski definition) is 4. The Morgan fingerprint density at radius 1 is 1.21 bits per heavy atom. The van der Waals surface area contributed by atoms with Crippen molar-refractivity contribution in [3.63, 3.8) is 0 Å². The fraction of sp³-hybridized carbons (Fsp3) is 0.176. The van der Waals surface area contributed by atoms with Crippen molar-refractivity contribution in [1.82, 2.24) is 4.57 Å². The largest absolute Gasteiger partial charge is 0.486 e. The number of aromatic nitrogens is 1. The second-order valence-corrected chi connectivity index (χ2v) is 6.31. The van der Waals surface area contributed by atoms with Gasteiger partial charge in [-0.1, -0.05) is 17.4 Å². The highest BCUT2D eigenvalue weighted by molar-refractivity contribution is 7.16. The Bertz CT molecular complexity index is 1020. The molecule has 0 bridgehead atoms. The summed E-state index contributed by atoms with van der Waals surface area (Å²) < 4.78 is 27.2. The van der Waals surface area contributed by atoms with Gasteiger partial charge in [0, 0.05) is 12.6 Å². The number of rotatable bonds is 1. The van der Waals surface area contributed by atoms with Gasteiger partial charge in [0.1, 0.15) is 19.0 Å². The van der Waals surface area contributed by atoms with Gasteiger partial charge in [0.2, 0.25) is 0 Å². The van der Waals surface area contributed by atoms with Gasteiger partial charge in [-0.05, 0) is 30.3 Å². The number of carbonyl (C=O) groups is 1. The van der Waals surface area contributed by atoms with Crippen molar-refractivity contribution in [3.05, 3.63) is 52.6 Å². The molecule has 0 saturated carbocycles. The van der Waals surface area contributed by atoms with E-state index in [4.69, 9.17) is 9.47 Å². The van der Waals surface area contributed by atoms with Crippen molar-refractivity contribution < 1.29 is 18.7 Å². The Morgan fingerprint density at radius 2 is 2.00 bits per heavy atom. The predicted octanol–water partition coefficient (Wildman–Crippen LogP) is 2.89. The van der Waals surface area contributed by atoms with Crippen molar-refractivity contribution in [1.29, 1.82) is 0 Å². The molecule has 1 amide bonds. The molecular formula is C17H13FN2O3S. The molecule has 24 heavy (non-hydrogen) atoms. The molecule has 122 valence electrons. The van der Waals surface area contributed by atoms with Crippen molar-refractivity contribution in [2.75, 3.05) is 13.2 Å². The third-order valence-electron chi connectivity index (χ3n) is 3.76. The van der Waals surface area contributed by atoms with E-state index in [0.717, 1.165) is 4.70 Å². The summed E-state index contributed by atoms with van der Waals surface area (Å²) in [6.45, 7) is 0.945. The van der Waals surface area contributed by atoms with E-state index in [9.17, 15) is 9.18 Å². The topological polar surface area (TPSA) is 52.8 Å². The van der Waals surface area contributed by atoms with Crippen molar-refractivity contribution in [2.24, 2.45) is 12.0 Å². The van der Waals surface area contributed by atoms with Gasteiger partial charge in [-0.3, -0.25) is 4.79 Å². The minimum absolute atomic E-state index is 0.334. The van der Waals surface area contributed by atoms with E-state index in [1.807, 2.05) is 0 Å². The van der Waals surface area contributed by atoms with Gasteiger partial charge in [0.25, 0.3) is 5.91 Å². The van der Waals surface area contributed by atoms with Crippen LogP contribution in [0.25, 0.3) is 10.2 Å². The quantitative estimate of drug-likeness (QED) is 0.682. The summed E-state index contributed by atoms with van der Waals surface area (Å²) >= 11 is 1.27. The van der Waals surface area contributed by atoms with Crippen LogP contribution < -0.4 is 14.3 Å². The van der Waals surface area contributed by atoms with E-state index >= 15 is 0 Å². The van der Waals surface area contributed by atoms with Gasteiger partial charge in [-0.25, -0.2) is 4.39 Å². The minimum atomic E-state index is -0.408. The summed E-state index contributed by atoms with van der Waals surface area (Å²) in [7, 11) is 1.69. The summed E-state index contributed by atoms with van der Waals surface area (Å²) in [6.07, 6.45) is 0. The Labute approximate surface area is 140 Å². The molecule has 1 aliphatic heterocycles. The first kappa shape index (κ1) is 14.9. The van der Waals surface area contributed by atoms with Crippen LogP contribution in [-0.2, 0) is 7.05 Å². The number of aryl methyl sites for hydroxylation is 1. The molecule has 0 atom stereocenters. The molecule has 0 aliphatic carbocycles. The molecule has 4 rings (SSSR count). The summed E-state index contributed by atoms with van der Waals surface area (Å²) in [5.41, 5.74) is 0.841. The molecule has 5 nitrogen and oxygen atoms in total. The molecule has 0 spiro atoms. The minimum Gasteiger partial charge on any atom is -0.486 e. The Hall–Kier alpha value is -2.67. The number of hydrogen-bond donors (Lipinski definition) is 0. The normalized spacial score (nSPS) is 14.2. The molecule has 0 unspecified atom stereocenters. The van der Waals surface area contributed by atoms with Gasteiger partial charge in [0.15, 0.2) is 16.3 Å². The van der Waals surface area contributed by atoms with E-state index < -0.39 is 5.91 Å². The number of halogens is 1. The lowest BCUT2D eigenvalue weighted by Crippen LogP contribution is -2.16. The van der Waals surface area contributed by atoms with Crippen molar-refractivity contribution >= 4 is 27.5 Å². The first-order valence-electron chi connectivity index (χ1n) is 7.36. The SMILES string of the molecule is Cn1c(=NC(=O)c2ccc3c(c2)OCCO3)sc2cccc(F)c21. The summed E-state index contributed by atoms with van der Waals surface area (Å²) in [4.78, 5) is 17.0. The molecule has 7 heteroatoms. The monoisotopic (exact) mass is 344 g/mol. The first-order chi connectivity index (χ1) is 11.6. The van der Waals surface area contributed by atoms with Crippen molar-refractivity contribution in [3.8, 4) is 11.5 Å². The van der Waals surface area contributed by atoms with Gasteiger partial charge in [-0.15, -0.1) is 0 Å². The van der Waals surface area contributed by atoms with Gasteiger partial charge < -0.3 is 14.0 Å². The molecule has 3 aromatic rings. The van der Waals surface area contributed by atoms with Crippen LogP contribution >= 0.6 is 11.3 Å². The number of thiazole rings is 1. The molecule has 0 radical (unpaired) electrons. The molecule has 0 fully saturated rings. The average Bonchev–Trinajstić information content (AvgIpc) is 2.91. The molecule has 0 saturated heterocycles. The molecule has 0 N–H and O–H groups in total. The smallest absolute Gasteiger partial charge is 0.279 e. The maximum absolute atomic E-state index is 13.9. The van der Waals surface area contributed by atoms with Gasteiger partial charge in [0.05, 0.1) is 10.2 Å². The molecule has 2 heterocycles. The van der Waals surface area contributed by atoms with E-state index in [0.29, 0.717) is 40.6 Å². The van der Waals surface area contributed by atoms with Gasteiger partial charge in [-0.2, -0.15) is 4.99 Å². The van der Waals surface area contributed by atoms with Gasteiger partial charge >= 0.3 is 0 Å². The standard InChI is InChI=1S/C17H13FN2O3S/c1-20-15-11(18)3-2-4-14(15)24-17(20)19-16(21)10-5-6-12-13(9-10)23-8-7-22-12/h2-6,9H,7-8H2,1H3. The van der Waals surface area contributed by atoms with Crippen LogP contribution in [0.3, 0.4) is 0 Å². The number of carbonyl (C=O) groups excluding carboxylic acids is 1. The van der Waals surface area contributed by atoms with Crippen LogP contribution in [0.5, 0.6) is 11.5 Å². The zero-order chi connectivity index (χ0) is 16.7. The predicted molar refractivity (Wildman–Crippen MR) is 88.1 cm³/mol. The Kier molecular flexibility index (Phi) is 3.57.